The predicted molar refractivity (Wildman–Crippen MR) is 48.7 cm³/mol. The third-order valence-corrected chi connectivity index (χ3v) is 1.77. The molecule has 0 aliphatic heterocycles. The fourth-order valence-corrected chi connectivity index (χ4v) is 1.20. The van der Waals surface area contributed by atoms with Gasteiger partial charge in [0.15, 0.2) is 11.4 Å². The second-order valence-corrected chi connectivity index (χ2v) is 2.77. The summed E-state index contributed by atoms with van der Waals surface area (Å²) in [6.07, 6.45) is 2.21. The summed E-state index contributed by atoms with van der Waals surface area (Å²) in [7, 11) is 1.78. The monoisotopic (exact) mass is 192 g/mol. The van der Waals surface area contributed by atoms with E-state index in [1.807, 2.05) is 0 Å². The smallest absolute Gasteiger partial charge is 0.409 e. The number of hydrogen-bond acceptors (Lipinski definition) is 4. The van der Waals surface area contributed by atoms with E-state index < -0.39 is 6.09 Å². The topological polar surface area (TPSA) is 83.0 Å². The van der Waals surface area contributed by atoms with E-state index in [0.29, 0.717) is 5.75 Å². The van der Waals surface area contributed by atoms with Gasteiger partial charge in [0, 0.05) is 12.4 Å². The highest BCUT2D eigenvalue weighted by molar-refractivity contribution is 5.77. The molecule has 2 aromatic rings. The summed E-state index contributed by atoms with van der Waals surface area (Å²) in [4.78, 5) is 14.5. The number of primary amides is 1. The van der Waals surface area contributed by atoms with E-state index in [2.05, 4.69) is 14.8 Å². The largest absolute Gasteiger partial charge is 0.410 e. The molecule has 0 spiro atoms. The zero-order valence-corrected chi connectivity index (χ0v) is 7.47. The van der Waals surface area contributed by atoms with Gasteiger partial charge in [-0.2, -0.15) is 5.10 Å². The number of fused-ring (bicyclic) bond motifs is 1. The van der Waals surface area contributed by atoms with Gasteiger partial charge in [0.25, 0.3) is 0 Å². The van der Waals surface area contributed by atoms with Crippen LogP contribution in [0.15, 0.2) is 18.5 Å². The molecule has 1 amide bonds. The fraction of sp³-hybridized carbons (Fsp3) is 0.125. The van der Waals surface area contributed by atoms with E-state index in [-0.39, 0.29) is 0 Å². The molecule has 0 aromatic carbocycles. The van der Waals surface area contributed by atoms with Gasteiger partial charge in [-0.25, -0.2) is 9.78 Å². The van der Waals surface area contributed by atoms with Gasteiger partial charge in [-0.15, -0.1) is 0 Å². The van der Waals surface area contributed by atoms with Crippen LogP contribution in [-0.2, 0) is 7.05 Å². The summed E-state index contributed by atoms with van der Waals surface area (Å²) in [5.41, 5.74) is 5.59. The van der Waals surface area contributed by atoms with Crippen molar-refractivity contribution in [3.05, 3.63) is 18.5 Å². The molecule has 0 saturated carbocycles. The highest BCUT2D eigenvalue weighted by atomic mass is 16.5. The van der Waals surface area contributed by atoms with Gasteiger partial charge in [-0.3, -0.25) is 4.68 Å². The van der Waals surface area contributed by atoms with Crippen LogP contribution in [0.5, 0.6) is 5.75 Å². The minimum atomic E-state index is -0.852. The molecule has 14 heavy (non-hydrogen) atoms. The number of aromatic nitrogens is 3. The van der Waals surface area contributed by atoms with Crippen molar-refractivity contribution >= 4 is 17.1 Å². The lowest BCUT2D eigenvalue weighted by atomic mass is 10.3. The summed E-state index contributed by atoms with van der Waals surface area (Å²) < 4.78 is 6.30. The van der Waals surface area contributed by atoms with Crippen LogP contribution < -0.4 is 10.5 Å². The van der Waals surface area contributed by atoms with Gasteiger partial charge in [-0.05, 0) is 6.07 Å². The molecule has 6 nitrogen and oxygen atoms in total. The van der Waals surface area contributed by atoms with Crippen LogP contribution in [-0.4, -0.2) is 20.9 Å². The molecule has 0 bridgehead atoms. The molecular weight excluding hydrogens is 184 g/mol. The van der Waals surface area contributed by atoms with Gasteiger partial charge in [-0.1, -0.05) is 0 Å². The van der Waals surface area contributed by atoms with Crippen molar-refractivity contribution in [1.29, 1.82) is 0 Å². The third-order valence-electron chi connectivity index (χ3n) is 1.77. The first-order valence-electron chi connectivity index (χ1n) is 3.92. The van der Waals surface area contributed by atoms with Crippen molar-refractivity contribution in [2.45, 2.75) is 0 Å². The van der Waals surface area contributed by atoms with Crippen molar-refractivity contribution in [3.8, 4) is 5.75 Å². The molecule has 6 heteroatoms. The standard InChI is InChI=1S/C8H8N4O2/c1-12-7-5(3-11-12)2-6(4-10-7)14-8(9)13/h2-4H,1H3,(H2,9,13). The summed E-state index contributed by atoms with van der Waals surface area (Å²) in [6.45, 7) is 0. The van der Waals surface area contributed by atoms with E-state index in [1.165, 1.54) is 6.20 Å². The number of amides is 1. The van der Waals surface area contributed by atoms with E-state index >= 15 is 0 Å². The van der Waals surface area contributed by atoms with E-state index in [4.69, 9.17) is 5.73 Å². The zero-order chi connectivity index (χ0) is 10.1. The molecule has 0 fully saturated rings. The average Bonchev–Trinajstić information content (AvgIpc) is 2.46. The molecule has 2 aromatic heterocycles. The van der Waals surface area contributed by atoms with Crippen molar-refractivity contribution in [1.82, 2.24) is 14.8 Å². The SMILES string of the molecule is Cn1ncc2cc(OC(N)=O)cnc21. The predicted octanol–water partition coefficient (Wildman–Crippen LogP) is 0.426. The number of carbonyl (C=O) groups is 1. The van der Waals surface area contributed by atoms with Crippen LogP contribution in [0.2, 0.25) is 0 Å². The highest BCUT2D eigenvalue weighted by Crippen LogP contribution is 2.16. The Morgan fingerprint density at radius 1 is 1.57 bits per heavy atom. The van der Waals surface area contributed by atoms with Crippen LogP contribution in [0.3, 0.4) is 0 Å². The molecule has 72 valence electrons. The third kappa shape index (κ3) is 1.37. The lowest BCUT2D eigenvalue weighted by Gasteiger charge is -1.99. The Bertz CT molecular complexity index is 491. The van der Waals surface area contributed by atoms with Crippen LogP contribution >= 0.6 is 0 Å². The Hall–Kier alpha value is -2.11. The van der Waals surface area contributed by atoms with Gasteiger partial charge >= 0.3 is 6.09 Å². The highest BCUT2D eigenvalue weighted by Gasteiger charge is 2.04. The van der Waals surface area contributed by atoms with Crippen molar-refractivity contribution in [2.75, 3.05) is 0 Å². The lowest BCUT2D eigenvalue weighted by Crippen LogP contribution is -2.16. The molecule has 0 saturated heterocycles. The first-order chi connectivity index (χ1) is 6.66. The lowest BCUT2D eigenvalue weighted by molar-refractivity contribution is 0.211. The van der Waals surface area contributed by atoms with Crippen LogP contribution in [0, 0.1) is 0 Å². The number of pyridine rings is 1. The number of nitrogens with zero attached hydrogens (tertiary/aromatic N) is 3. The number of aryl methyl sites for hydroxylation is 1. The van der Waals surface area contributed by atoms with Crippen LogP contribution in [0.25, 0.3) is 11.0 Å². The molecule has 0 aliphatic carbocycles. The Labute approximate surface area is 79.3 Å². The van der Waals surface area contributed by atoms with Crippen LogP contribution in [0.1, 0.15) is 0 Å². The van der Waals surface area contributed by atoms with Crippen molar-refractivity contribution in [2.24, 2.45) is 12.8 Å². The van der Waals surface area contributed by atoms with E-state index in [1.54, 1.807) is 24.0 Å². The molecular formula is C8H8N4O2. The number of rotatable bonds is 1. The van der Waals surface area contributed by atoms with Gasteiger partial charge in [0.2, 0.25) is 0 Å². The maximum atomic E-state index is 10.5. The first kappa shape index (κ1) is 8.49. The van der Waals surface area contributed by atoms with Gasteiger partial charge in [0.05, 0.1) is 12.4 Å². The average molecular weight is 192 g/mol. The summed E-state index contributed by atoms with van der Waals surface area (Å²) >= 11 is 0. The minimum absolute atomic E-state index is 0.318. The van der Waals surface area contributed by atoms with Crippen molar-refractivity contribution < 1.29 is 9.53 Å². The molecule has 2 N–H and O–H groups in total. The summed E-state index contributed by atoms with van der Waals surface area (Å²) in [5, 5.41) is 4.80. The molecule has 0 unspecified atom stereocenters. The molecule has 2 heterocycles. The Kier molecular flexibility index (Phi) is 1.81. The molecule has 0 radical (unpaired) electrons. The number of ether oxygens (including phenoxy) is 1. The van der Waals surface area contributed by atoms with Gasteiger partial charge in [0.1, 0.15) is 0 Å². The normalized spacial score (nSPS) is 10.4. The van der Waals surface area contributed by atoms with Crippen LogP contribution in [0.4, 0.5) is 4.79 Å². The minimum Gasteiger partial charge on any atom is -0.409 e. The molecule has 2 rings (SSSR count). The van der Waals surface area contributed by atoms with Crippen molar-refractivity contribution in [3.63, 3.8) is 0 Å². The second kappa shape index (κ2) is 2.99. The Morgan fingerprint density at radius 3 is 3.07 bits per heavy atom. The number of hydrogen-bond donors (Lipinski definition) is 1. The maximum absolute atomic E-state index is 10.5. The van der Waals surface area contributed by atoms with E-state index in [9.17, 15) is 4.79 Å². The van der Waals surface area contributed by atoms with E-state index in [0.717, 1.165) is 11.0 Å². The zero-order valence-electron chi connectivity index (χ0n) is 7.47. The van der Waals surface area contributed by atoms with Gasteiger partial charge < -0.3 is 10.5 Å². The summed E-state index contributed by atoms with van der Waals surface area (Å²) in [5.74, 6) is 0.318. The molecule has 0 atom stereocenters. The fourth-order valence-electron chi connectivity index (χ4n) is 1.20. The number of nitrogens with two attached hydrogens (primary N) is 1. The second-order valence-electron chi connectivity index (χ2n) is 2.77. The number of carbonyl (C=O) groups excluding carboxylic acids is 1. The first-order valence-corrected chi connectivity index (χ1v) is 3.92. The summed E-state index contributed by atoms with van der Waals surface area (Å²) in [6, 6.07) is 1.65. The maximum Gasteiger partial charge on any atom is 0.410 e. The molecule has 0 aliphatic rings. The Morgan fingerprint density at radius 2 is 2.36 bits per heavy atom. The Balaban J connectivity index is 2.46. The quantitative estimate of drug-likeness (QED) is 0.710.